The van der Waals surface area contributed by atoms with E-state index in [0.29, 0.717) is 0 Å². The number of benzene rings is 2. The number of phenols is 2. The largest absolute Gasteiger partial charge is 0.508 e. The third-order valence-electron chi connectivity index (χ3n) is 8.51. The van der Waals surface area contributed by atoms with Crippen molar-refractivity contribution in [1.82, 2.24) is 0 Å². The van der Waals surface area contributed by atoms with Gasteiger partial charge >= 0.3 is 0 Å². The molecule has 13 N–H and O–H groups in total. The molecule has 19 heteroatoms. The first-order valence-corrected chi connectivity index (χ1v) is 15.2. The zero-order valence-electron chi connectivity index (χ0n) is 26.0. The van der Waals surface area contributed by atoms with Gasteiger partial charge in [-0.05, 0) is 31.2 Å². The summed E-state index contributed by atoms with van der Waals surface area (Å²) in [4.78, 5) is 14.0. The summed E-state index contributed by atoms with van der Waals surface area (Å²) in [5.74, 6) is -2.44. The standard InChI is InChI=1S/C31H38O19/c1-9(33)17(36)20(39)23(42)28-24(43)22(41)26(45)31(49-28)50-29-19(38)16-13(35)6-12(46-30-25(44)21(40)18(37)15(8-32)48-30)7-14(16)47-27(29)10-2-4-11(34)5-3-10/h2-7,9,15,17-18,20-26,28,30-37,39-45H,8H2,1H3/t9-,15-,17-,18-,20+,21+,22+,23-,24+,25-,26-,28-,30?,31?/m1/s1. The molecule has 5 rings (SSSR count). The Morgan fingerprint density at radius 3 is 1.96 bits per heavy atom. The summed E-state index contributed by atoms with van der Waals surface area (Å²) in [5.41, 5.74) is -1.41. The van der Waals surface area contributed by atoms with Crippen LogP contribution in [0.15, 0.2) is 45.6 Å². The van der Waals surface area contributed by atoms with Gasteiger partial charge in [0.2, 0.25) is 23.8 Å². The molecule has 276 valence electrons. The van der Waals surface area contributed by atoms with Gasteiger partial charge in [0.25, 0.3) is 0 Å². The quantitative estimate of drug-likeness (QED) is 0.0944. The topological polar surface area (TPSA) is 330 Å². The number of aliphatic hydroxyl groups is 11. The lowest BCUT2D eigenvalue weighted by Crippen LogP contribution is -2.64. The lowest BCUT2D eigenvalue weighted by atomic mass is 9.90. The molecule has 50 heavy (non-hydrogen) atoms. The van der Waals surface area contributed by atoms with Gasteiger partial charge in [0.05, 0.1) is 12.7 Å². The number of rotatable bonds is 10. The Labute approximate surface area is 281 Å². The van der Waals surface area contributed by atoms with Crippen molar-refractivity contribution in [3.05, 3.63) is 46.6 Å². The molecule has 2 aromatic carbocycles. The van der Waals surface area contributed by atoms with Gasteiger partial charge in [-0.2, -0.15) is 0 Å². The smallest absolute Gasteiger partial charge is 0.239 e. The van der Waals surface area contributed by atoms with Crippen molar-refractivity contribution in [3.63, 3.8) is 0 Å². The van der Waals surface area contributed by atoms with Gasteiger partial charge in [-0.15, -0.1) is 0 Å². The van der Waals surface area contributed by atoms with E-state index in [9.17, 15) is 71.2 Å². The maximum atomic E-state index is 14.0. The zero-order chi connectivity index (χ0) is 36.8. The van der Waals surface area contributed by atoms with E-state index in [1.807, 2.05) is 0 Å². The fourth-order valence-corrected chi connectivity index (χ4v) is 5.59. The number of hydrogen-bond donors (Lipinski definition) is 13. The van der Waals surface area contributed by atoms with Crippen molar-refractivity contribution < 1.29 is 89.7 Å². The van der Waals surface area contributed by atoms with E-state index in [1.54, 1.807) is 0 Å². The Balaban J connectivity index is 1.55. The van der Waals surface area contributed by atoms with Crippen LogP contribution in [0.1, 0.15) is 6.92 Å². The minimum absolute atomic E-state index is 0.0643. The SMILES string of the molecule is C[C@@H](O)[C@@H](O)[C@H](O)[C@@H](O)[C@H]1OC(Oc2c(-c3ccc(O)cc3)oc3cc(OC4O[C@H](CO)[C@@H](O)[C@H](O)[C@H]4O)cc(O)c3c2=O)[C@H](O)[C@@H](O)[C@@H]1O. The molecule has 2 saturated heterocycles. The second kappa shape index (κ2) is 14.9. The van der Waals surface area contributed by atoms with Crippen LogP contribution in [0.25, 0.3) is 22.3 Å². The van der Waals surface area contributed by atoms with Crippen molar-refractivity contribution in [1.29, 1.82) is 0 Å². The second-order valence-electron chi connectivity index (χ2n) is 12.0. The Bertz CT molecular complexity index is 1680. The Kier molecular flexibility index (Phi) is 11.2. The molecular weight excluding hydrogens is 676 g/mol. The van der Waals surface area contributed by atoms with E-state index in [-0.39, 0.29) is 22.6 Å². The summed E-state index contributed by atoms with van der Waals surface area (Å²) in [7, 11) is 0. The fraction of sp³-hybridized carbons (Fsp3) is 0.516. The summed E-state index contributed by atoms with van der Waals surface area (Å²) in [6.07, 6.45) is -26.5. The van der Waals surface area contributed by atoms with Crippen molar-refractivity contribution in [2.75, 3.05) is 6.61 Å². The monoisotopic (exact) mass is 714 g/mol. The molecule has 0 spiro atoms. The molecule has 14 atom stereocenters. The molecule has 2 fully saturated rings. The molecule has 0 radical (unpaired) electrons. The van der Waals surface area contributed by atoms with Gasteiger partial charge in [-0.3, -0.25) is 4.79 Å². The van der Waals surface area contributed by atoms with Gasteiger partial charge in [0.15, 0.2) is 5.76 Å². The highest BCUT2D eigenvalue weighted by Gasteiger charge is 2.51. The van der Waals surface area contributed by atoms with Crippen LogP contribution < -0.4 is 14.9 Å². The molecule has 3 heterocycles. The Morgan fingerprint density at radius 2 is 1.36 bits per heavy atom. The first-order chi connectivity index (χ1) is 23.5. The maximum Gasteiger partial charge on any atom is 0.239 e. The maximum absolute atomic E-state index is 14.0. The van der Waals surface area contributed by atoms with Crippen LogP contribution in [0.4, 0.5) is 0 Å². The molecule has 2 aliphatic rings. The molecular formula is C31H38O19. The van der Waals surface area contributed by atoms with Crippen LogP contribution in [0.3, 0.4) is 0 Å². The van der Waals surface area contributed by atoms with E-state index < -0.39 is 121 Å². The van der Waals surface area contributed by atoms with E-state index in [1.165, 1.54) is 24.3 Å². The van der Waals surface area contributed by atoms with E-state index >= 15 is 0 Å². The molecule has 19 nitrogen and oxygen atoms in total. The Morgan fingerprint density at radius 1 is 0.760 bits per heavy atom. The normalized spacial score (nSPS) is 32.6. The molecule has 0 aliphatic carbocycles. The molecule has 0 saturated carbocycles. The predicted molar refractivity (Wildman–Crippen MR) is 163 cm³/mol. The number of aromatic hydroxyl groups is 2. The van der Waals surface area contributed by atoms with Crippen LogP contribution in [0, 0.1) is 0 Å². The van der Waals surface area contributed by atoms with Gasteiger partial charge in [0.1, 0.15) is 95.4 Å². The summed E-state index contributed by atoms with van der Waals surface area (Å²) in [5, 5.41) is 133. The third kappa shape index (κ3) is 7.09. The van der Waals surface area contributed by atoms with Gasteiger partial charge in [-0.1, -0.05) is 0 Å². The summed E-state index contributed by atoms with van der Waals surface area (Å²) in [6, 6.07) is 6.99. The number of aliphatic hydroxyl groups excluding tert-OH is 11. The van der Waals surface area contributed by atoms with Crippen molar-refractivity contribution in [3.8, 4) is 34.3 Å². The fourth-order valence-electron chi connectivity index (χ4n) is 5.59. The number of hydrogen-bond acceptors (Lipinski definition) is 19. The summed E-state index contributed by atoms with van der Waals surface area (Å²) in [6.45, 7) is 0.355. The summed E-state index contributed by atoms with van der Waals surface area (Å²) < 4.78 is 28.0. The van der Waals surface area contributed by atoms with Gasteiger partial charge < -0.3 is 89.7 Å². The van der Waals surface area contributed by atoms with Crippen LogP contribution in [-0.2, 0) is 9.47 Å². The number of fused-ring (bicyclic) bond motifs is 1. The van der Waals surface area contributed by atoms with E-state index in [4.69, 9.17) is 23.4 Å². The first-order valence-electron chi connectivity index (χ1n) is 15.2. The highest BCUT2D eigenvalue weighted by Crippen LogP contribution is 2.39. The zero-order valence-corrected chi connectivity index (χ0v) is 26.0. The third-order valence-corrected chi connectivity index (χ3v) is 8.51. The molecule has 0 amide bonds. The van der Waals surface area contributed by atoms with Crippen LogP contribution in [0.5, 0.6) is 23.0 Å². The van der Waals surface area contributed by atoms with Gasteiger partial charge in [0, 0.05) is 17.7 Å². The molecule has 3 aromatic rings. The highest BCUT2D eigenvalue weighted by molar-refractivity contribution is 5.88. The number of phenolic OH excluding ortho intramolecular Hbond substituents is 2. The average molecular weight is 715 g/mol. The lowest BCUT2D eigenvalue weighted by Gasteiger charge is -2.43. The lowest BCUT2D eigenvalue weighted by molar-refractivity contribution is -0.298. The molecule has 2 aliphatic heterocycles. The van der Waals surface area contributed by atoms with Crippen molar-refractivity contribution >= 4 is 11.0 Å². The van der Waals surface area contributed by atoms with Crippen LogP contribution >= 0.6 is 0 Å². The van der Waals surface area contributed by atoms with Crippen LogP contribution in [0.2, 0.25) is 0 Å². The first kappa shape index (κ1) is 37.6. The Hall–Kier alpha value is -3.67. The van der Waals surface area contributed by atoms with Gasteiger partial charge in [-0.25, -0.2) is 0 Å². The van der Waals surface area contributed by atoms with Crippen LogP contribution in [-0.4, -0.2) is 159 Å². The molecule has 1 aromatic heterocycles. The second-order valence-corrected chi connectivity index (χ2v) is 12.0. The predicted octanol–water partition coefficient (Wildman–Crippen LogP) is -4.30. The van der Waals surface area contributed by atoms with Crippen molar-refractivity contribution in [2.45, 2.75) is 92.8 Å². The summed E-state index contributed by atoms with van der Waals surface area (Å²) >= 11 is 0. The number of ether oxygens (including phenoxy) is 4. The highest BCUT2D eigenvalue weighted by atomic mass is 16.7. The average Bonchev–Trinajstić information content (AvgIpc) is 3.08. The minimum Gasteiger partial charge on any atom is -0.508 e. The van der Waals surface area contributed by atoms with E-state index in [2.05, 4.69) is 0 Å². The van der Waals surface area contributed by atoms with E-state index in [0.717, 1.165) is 19.1 Å². The molecule has 0 bridgehead atoms. The van der Waals surface area contributed by atoms with Crippen molar-refractivity contribution in [2.24, 2.45) is 0 Å². The molecule has 2 unspecified atom stereocenters. The minimum atomic E-state index is -2.18.